The number of para-hydroxylation sites is 1. The Kier molecular flexibility index (Phi) is 6.04. The molecule has 0 amide bonds. The topological polar surface area (TPSA) is 77.2 Å². The molecule has 4 aromatic rings. The van der Waals surface area contributed by atoms with Gasteiger partial charge in [0, 0.05) is 11.3 Å². The number of rotatable bonds is 7. The van der Waals surface area contributed by atoms with Crippen LogP contribution in [0.1, 0.15) is 21.5 Å². The first kappa shape index (κ1) is 20.7. The van der Waals surface area contributed by atoms with Gasteiger partial charge in [0.2, 0.25) is 0 Å². The highest BCUT2D eigenvalue weighted by Crippen LogP contribution is 2.32. The number of carboxylic acids is 1. The maximum absolute atomic E-state index is 11.1. The van der Waals surface area contributed by atoms with E-state index in [1.54, 1.807) is 31.0 Å². The van der Waals surface area contributed by atoms with Crippen molar-refractivity contribution < 1.29 is 14.6 Å². The summed E-state index contributed by atoms with van der Waals surface area (Å²) in [6.45, 7) is 2.06. The summed E-state index contributed by atoms with van der Waals surface area (Å²) < 4.78 is 7.44. The molecule has 1 heterocycles. The van der Waals surface area contributed by atoms with Crippen molar-refractivity contribution in [1.29, 1.82) is 0 Å². The van der Waals surface area contributed by atoms with Gasteiger partial charge >= 0.3 is 5.97 Å². The summed E-state index contributed by atoms with van der Waals surface area (Å²) in [6, 6.07) is 22.8. The van der Waals surface area contributed by atoms with E-state index in [0.717, 1.165) is 39.1 Å². The van der Waals surface area contributed by atoms with Gasteiger partial charge in [-0.15, -0.1) is 10.2 Å². The smallest absolute Gasteiger partial charge is 0.335 e. The predicted molar refractivity (Wildman–Crippen MR) is 121 cm³/mol. The van der Waals surface area contributed by atoms with Crippen molar-refractivity contribution in [3.63, 3.8) is 0 Å². The van der Waals surface area contributed by atoms with Crippen molar-refractivity contribution in [2.75, 3.05) is 7.11 Å². The third kappa shape index (κ3) is 4.46. The number of thioether (sulfide) groups is 1. The molecule has 0 aliphatic rings. The van der Waals surface area contributed by atoms with Gasteiger partial charge in [0.05, 0.1) is 18.4 Å². The van der Waals surface area contributed by atoms with E-state index >= 15 is 0 Å². The van der Waals surface area contributed by atoms with Crippen LogP contribution in [0.2, 0.25) is 0 Å². The number of nitrogens with zero attached hydrogens (tertiary/aromatic N) is 3. The Morgan fingerprint density at radius 3 is 2.52 bits per heavy atom. The van der Waals surface area contributed by atoms with E-state index in [1.165, 1.54) is 0 Å². The van der Waals surface area contributed by atoms with Gasteiger partial charge in [-0.2, -0.15) is 0 Å². The van der Waals surface area contributed by atoms with Crippen LogP contribution in [-0.4, -0.2) is 33.0 Å². The number of methoxy groups -OCH3 is 1. The van der Waals surface area contributed by atoms with Gasteiger partial charge in [-0.05, 0) is 48.4 Å². The van der Waals surface area contributed by atoms with Crippen LogP contribution < -0.4 is 4.74 Å². The number of hydrogen-bond acceptors (Lipinski definition) is 5. The number of aryl methyl sites for hydroxylation is 1. The number of carboxylic acid groups (broad SMARTS) is 1. The first-order valence-corrected chi connectivity index (χ1v) is 10.7. The van der Waals surface area contributed by atoms with Crippen molar-refractivity contribution in [2.45, 2.75) is 17.8 Å². The van der Waals surface area contributed by atoms with Gasteiger partial charge in [-0.25, -0.2) is 4.79 Å². The van der Waals surface area contributed by atoms with E-state index in [9.17, 15) is 4.79 Å². The second-order valence-electron chi connectivity index (χ2n) is 6.95. The Bertz CT molecular complexity index is 1220. The molecule has 6 nitrogen and oxygen atoms in total. The number of ether oxygens (including phenoxy) is 1. The summed E-state index contributed by atoms with van der Waals surface area (Å²) in [6.07, 6.45) is 0. The Labute approximate surface area is 184 Å². The second-order valence-corrected chi connectivity index (χ2v) is 7.89. The zero-order chi connectivity index (χ0) is 21.8. The zero-order valence-electron chi connectivity index (χ0n) is 17.1. The predicted octanol–water partition coefficient (Wildman–Crippen LogP) is 5.24. The molecular formula is C24H21N3O3S. The monoisotopic (exact) mass is 431 g/mol. The van der Waals surface area contributed by atoms with Crippen LogP contribution in [0, 0.1) is 6.92 Å². The van der Waals surface area contributed by atoms with Crippen LogP contribution in [0.25, 0.3) is 17.1 Å². The Balaban J connectivity index is 1.71. The molecule has 156 valence electrons. The maximum Gasteiger partial charge on any atom is 0.335 e. The summed E-state index contributed by atoms with van der Waals surface area (Å²) in [7, 11) is 1.64. The van der Waals surface area contributed by atoms with E-state index in [1.807, 2.05) is 54.6 Å². The molecule has 1 aromatic heterocycles. The van der Waals surface area contributed by atoms with E-state index in [-0.39, 0.29) is 5.56 Å². The number of aromatic nitrogens is 3. The lowest BCUT2D eigenvalue weighted by atomic mass is 10.1. The van der Waals surface area contributed by atoms with Crippen LogP contribution in [0.5, 0.6) is 5.75 Å². The summed E-state index contributed by atoms with van der Waals surface area (Å²) in [5.41, 5.74) is 4.32. The van der Waals surface area contributed by atoms with Gasteiger partial charge in [-0.1, -0.05) is 54.2 Å². The van der Waals surface area contributed by atoms with Gasteiger partial charge in [-0.3, -0.25) is 4.57 Å². The molecule has 31 heavy (non-hydrogen) atoms. The van der Waals surface area contributed by atoms with E-state index in [2.05, 4.69) is 27.8 Å². The molecule has 1 N–H and O–H groups in total. The van der Waals surface area contributed by atoms with Crippen LogP contribution in [0.15, 0.2) is 78.0 Å². The van der Waals surface area contributed by atoms with Gasteiger partial charge < -0.3 is 9.84 Å². The molecule has 7 heteroatoms. The lowest BCUT2D eigenvalue weighted by Crippen LogP contribution is -2.02. The number of aromatic carboxylic acids is 1. The van der Waals surface area contributed by atoms with Crippen LogP contribution in [0.3, 0.4) is 0 Å². The average molecular weight is 432 g/mol. The fraction of sp³-hybridized carbons (Fsp3) is 0.125. The average Bonchev–Trinajstić information content (AvgIpc) is 3.22. The van der Waals surface area contributed by atoms with Crippen LogP contribution in [-0.2, 0) is 5.75 Å². The summed E-state index contributed by atoms with van der Waals surface area (Å²) >= 11 is 1.55. The summed E-state index contributed by atoms with van der Waals surface area (Å²) in [5, 5.41) is 18.8. The Morgan fingerprint density at radius 1 is 1.03 bits per heavy atom. The zero-order valence-corrected chi connectivity index (χ0v) is 18.0. The molecule has 0 fully saturated rings. The molecule has 0 aliphatic heterocycles. The fourth-order valence-electron chi connectivity index (χ4n) is 3.24. The lowest BCUT2D eigenvalue weighted by Gasteiger charge is -2.13. The molecule has 3 aromatic carbocycles. The van der Waals surface area contributed by atoms with Crippen molar-refractivity contribution in [2.24, 2.45) is 0 Å². The molecule has 0 radical (unpaired) electrons. The van der Waals surface area contributed by atoms with Gasteiger partial charge in [0.15, 0.2) is 11.0 Å². The highest BCUT2D eigenvalue weighted by molar-refractivity contribution is 7.98. The fourth-order valence-corrected chi connectivity index (χ4v) is 4.14. The normalized spacial score (nSPS) is 10.8. The molecule has 0 bridgehead atoms. The first-order chi connectivity index (χ1) is 15.1. The molecule has 4 rings (SSSR count). The van der Waals surface area contributed by atoms with E-state index < -0.39 is 5.97 Å². The highest BCUT2D eigenvalue weighted by Gasteiger charge is 2.18. The summed E-state index contributed by atoms with van der Waals surface area (Å²) in [4.78, 5) is 11.1. The SMILES string of the molecule is COc1cccc(-c2nnc(SCc3ccc(C(=O)O)cc3)n2-c2ccccc2C)c1. The number of benzene rings is 3. The number of hydrogen-bond donors (Lipinski definition) is 1. The van der Waals surface area contributed by atoms with Crippen molar-refractivity contribution in [1.82, 2.24) is 14.8 Å². The Morgan fingerprint density at radius 2 is 1.81 bits per heavy atom. The van der Waals surface area contributed by atoms with Crippen molar-refractivity contribution in [3.05, 3.63) is 89.5 Å². The highest BCUT2D eigenvalue weighted by atomic mass is 32.2. The molecule has 0 unspecified atom stereocenters. The molecule has 0 saturated heterocycles. The molecule has 0 saturated carbocycles. The van der Waals surface area contributed by atoms with E-state index in [0.29, 0.717) is 5.75 Å². The standard InChI is InChI=1S/C24H21N3O3S/c1-16-6-3-4-9-21(16)27-22(19-7-5-8-20(14-19)30-2)25-26-24(27)31-15-17-10-12-18(13-11-17)23(28)29/h3-14H,15H2,1-2H3,(H,28,29). The lowest BCUT2D eigenvalue weighted by molar-refractivity contribution is 0.0697. The minimum absolute atomic E-state index is 0.275. The third-order valence-corrected chi connectivity index (χ3v) is 5.89. The molecular weight excluding hydrogens is 410 g/mol. The summed E-state index contributed by atoms with van der Waals surface area (Å²) in [5.74, 6) is 1.20. The number of carbonyl (C=O) groups is 1. The largest absolute Gasteiger partial charge is 0.497 e. The second kappa shape index (κ2) is 9.06. The van der Waals surface area contributed by atoms with E-state index in [4.69, 9.17) is 9.84 Å². The van der Waals surface area contributed by atoms with Crippen LogP contribution >= 0.6 is 11.8 Å². The van der Waals surface area contributed by atoms with Crippen LogP contribution in [0.4, 0.5) is 0 Å². The van der Waals surface area contributed by atoms with Crippen molar-refractivity contribution >= 4 is 17.7 Å². The quantitative estimate of drug-likeness (QED) is 0.403. The molecule has 0 aliphatic carbocycles. The Hall–Kier alpha value is -3.58. The van der Waals surface area contributed by atoms with Gasteiger partial charge in [0.1, 0.15) is 5.75 Å². The third-order valence-electron chi connectivity index (χ3n) is 4.89. The minimum Gasteiger partial charge on any atom is -0.497 e. The van der Waals surface area contributed by atoms with Gasteiger partial charge in [0.25, 0.3) is 0 Å². The first-order valence-electron chi connectivity index (χ1n) is 9.67. The maximum atomic E-state index is 11.1. The van der Waals surface area contributed by atoms with Crippen molar-refractivity contribution in [3.8, 4) is 22.8 Å². The molecule has 0 atom stereocenters. The molecule has 0 spiro atoms. The minimum atomic E-state index is -0.929.